The van der Waals surface area contributed by atoms with Crippen molar-refractivity contribution >= 4 is 21.6 Å². The smallest absolute Gasteiger partial charge is 0.240 e. The number of carbonyl (C=O) groups excluding carboxylic acids is 1. The number of amides is 1. The van der Waals surface area contributed by atoms with Crippen molar-refractivity contribution < 1.29 is 22.3 Å². The topological polar surface area (TPSA) is 102 Å². The Labute approximate surface area is 202 Å². The summed E-state index contributed by atoms with van der Waals surface area (Å²) in [5.74, 6) is -0.0201. The fourth-order valence-electron chi connectivity index (χ4n) is 3.39. The molecule has 0 unspecified atom stereocenters. The predicted molar refractivity (Wildman–Crippen MR) is 130 cm³/mol. The van der Waals surface area contributed by atoms with Crippen LogP contribution in [0.3, 0.4) is 0 Å². The third-order valence-corrected chi connectivity index (χ3v) is 6.55. The summed E-state index contributed by atoms with van der Waals surface area (Å²) in [6.45, 7) is 1.86. The van der Waals surface area contributed by atoms with Gasteiger partial charge in [-0.1, -0.05) is 18.2 Å². The summed E-state index contributed by atoms with van der Waals surface area (Å²) < 4.78 is 47.4. The molecule has 3 aromatic carbocycles. The molecule has 4 rings (SSSR count). The number of sulfonamides is 1. The molecule has 0 aliphatic carbocycles. The SMILES string of the molecule is CNS(=O)(=O)c1ccc(CC(=O)Nc2ccc(-n3cnc(C)c3)c(Oc3cccc(F)c3)c2)cc1. The molecule has 1 amide bonds. The van der Waals surface area contributed by atoms with Gasteiger partial charge in [-0.25, -0.2) is 22.5 Å². The Hall–Kier alpha value is -4.02. The molecule has 8 nitrogen and oxygen atoms in total. The first-order valence-corrected chi connectivity index (χ1v) is 12.1. The van der Waals surface area contributed by atoms with E-state index in [-0.39, 0.29) is 17.2 Å². The number of nitrogens with zero attached hydrogens (tertiary/aromatic N) is 2. The Kier molecular flexibility index (Phi) is 6.94. The molecule has 1 heterocycles. The van der Waals surface area contributed by atoms with Crippen molar-refractivity contribution in [1.29, 1.82) is 0 Å². The maximum Gasteiger partial charge on any atom is 0.240 e. The van der Waals surface area contributed by atoms with Crippen molar-refractivity contribution in [3.05, 3.63) is 96.3 Å². The van der Waals surface area contributed by atoms with Gasteiger partial charge in [-0.2, -0.15) is 0 Å². The van der Waals surface area contributed by atoms with Gasteiger partial charge in [0, 0.05) is 24.0 Å². The van der Waals surface area contributed by atoms with Gasteiger partial charge in [-0.3, -0.25) is 4.79 Å². The average molecular weight is 495 g/mol. The summed E-state index contributed by atoms with van der Waals surface area (Å²) in [6.07, 6.45) is 3.51. The highest BCUT2D eigenvalue weighted by molar-refractivity contribution is 7.89. The van der Waals surface area contributed by atoms with Crippen LogP contribution in [-0.4, -0.2) is 30.9 Å². The lowest BCUT2D eigenvalue weighted by molar-refractivity contribution is -0.115. The van der Waals surface area contributed by atoms with Crippen molar-refractivity contribution in [2.45, 2.75) is 18.2 Å². The van der Waals surface area contributed by atoms with Crippen molar-refractivity contribution in [2.75, 3.05) is 12.4 Å². The summed E-state index contributed by atoms with van der Waals surface area (Å²) >= 11 is 0. The zero-order valence-electron chi connectivity index (χ0n) is 19.0. The van der Waals surface area contributed by atoms with Crippen LogP contribution in [0.15, 0.2) is 84.1 Å². The second-order valence-electron chi connectivity index (χ2n) is 7.74. The number of ether oxygens (including phenoxy) is 1. The van der Waals surface area contributed by atoms with Crippen LogP contribution >= 0.6 is 0 Å². The maximum absolute atomic E-state index is 13.7. The Morgan fingerprint density at radius 1 is 1.09 bits per heavy atom. The lowest BCUT2D eigenvalue weighted by atomic mass is 10.1. The number of hydrogen-bond donors (Lipinski definition) is 2. The molecule has 35 heavy (non-hydrogen) atoms. The van der Waals surface area contributed by atoms with Crippen LogP contribution in [0.4, 0.5) is 10.1 Å². The number of imidazole rings is 1. The molecule has 10 heteroatoms. The number of anilines is 1. The van der Waals surface area contributed by atoms with Crippen molar-refractivity contribution in [2.24, 2.45) is 0 Å². The van der Waals surface area contributed by atoms with Crippen molar-refractivity contribution in [3.63, 3.8) is 0 Å². The summed E-state index contributed by atoms with van der Waals surface area (Å²) in [5.41, 5.74) is 2.61. The van der Waals surface area contributed by atoms with Crippen LogP contribution in [0.2, 0.25) is 0 Å². The third kappa shape index (κ3) is 5.92. The Morgan fingerprint density at radius 2 is 1.86 bits per heavy atom. The van der Waals surface area contributed by atoms with Gasteiger partial charge in [-0.15, -0.1) is 0 Å². The molecule has 0 saturated heterocycles. The number of aromatic nitrogens is 2. The fraction of sp³-hybridized carbons (Fsp3) is 0.120. The highest BCUT2D eigenvalue weighted by Gasteiger charge is 2.14. The van der Waals surface area contributed by atoms with Crippen LogP contribution in [0.5, 0.6) is 11.5 Å². The average Bonchev–Trinajstić information content (AvgIpc) is 3.25. The number of hydrogen-bond acceptors (Lipinski definition) is 5. The molecule has 0 aliphatic heterocycles. The monoisotopic (exact) mass is 494 g/mol. The number of nitrogens with one attached hydrogen (secondary N) is 2. The zero-order chi connectivity index (χ0) is 25.0. The number of carbonyl (C=O) groups is 1. The molecular weight excluding hydrogens is 471 g/mol. The predicted octanol–water partition coefficient (Wildman–Crippen LogP) is 4.20. The molecule has 0 aliphatic rings. The number of benzene rings is 3. The first-order chi connectivity index (χ1) is 16.7. The molecule has 180 valence electrons. The second-order valence-corrected chi connectivity index (χ2v) is 9.63. The Morgan fingerprint density at radius 3 is 2.51 bits per heavy atom. The molecule has 0 radical (unpaired) electrons. The first kappa shape index (κ1) is 24.1. The molecule has 2 N–H and O–H groups in total. The van der Waals surface area contributed by atoms with Crippen LogP contribution in [0, 0.1) is 12.7 Å². The van der Waals surface area contributed by atoms with E-state index in [1.807, 2.05) is 13.1 Å². The molecule has 0 atom stereocenters. The van der Waals surface area contributed by atoms with E-state index in [0.29, 0.717) is 28.4 Å². The quantitative estimate of drug-likeness (QED) is 0.382. The Balaban J connectivity index is 1.55. The largest absolute Gasteiger partial charge is 0.455 e. The first-order valence-electron chi connectivity index (χ1n) is 10.6. The molecule has 1 aromatic heterocycles. The van der Waals surface area contributed by atoms with Gasteiger partial charge in [0.25, 0.3) is 0 Å². The van der Waals surface area contributed by atoms with Crippen molar-refractivity contribution in [3.8, 4) is 17.2 Å². The van der Waals surface area contributed by atoms with E-state index in [2.05, 4.69) is 15.0 Å². The van der Waals surface area contributed by atoms with E-state index >= 15 is 0 Å². The number of aryl methyl sites for hydroxylation is 1. The molecule has 0 bridgehead atoms. The fourth-order valence-corrected chi connectivity index (χ4v) is 4.12. The van der Waals surface area contributed by atoms with Crippen LogP contribution in [-0.2, 0) is 21.2 Å². The molecular formula is C25H23FN4O4S. The van der Waals surface area contributed by atoms with E-state index in [1.165, 1.54) is 31.3 Å². The van der Waals surface area contributed by atoms with E-state index in [1.54, 1.807) is 53.4 Å². The molecule has 0 spiro atoms. The van der Waals surface area contributed by atoms with Gasteiger partial charge in [0.05, 0.1) is 29.0 Å². The lowest BCUT2D eigenvalue weighted by Crippen LogP contribution is -2.18. The van der Waals surface area contributed by atoms with Gasteiger partial charge in [-0.05, 0) is 55.9 Å². The highest BCUT2D eigenvalue weighted by Crippen LogP contribution is 2.32. The normalized spacial score (nSPS) is 11.3. The molecule has 0 fully saturated rings. The second kappa shape index (κ2) is 10.1. The minimum absolute atomic E-state index is 0.0441. The summed E-state index contributed by atoms with van der Waals surface area (Å²) in [5, 5.41) is 2.82. The van der Waals surface area contributed by atoms with Gasteiger partial charge < -0.3 is 14.6 Å². The summed E-state index contributed by atoms with van der Waals surface area (Å²) in [6, 6.07) is 17.0. The van der Waals surface area contributed by atoms with Gasteiger partial charge >= 0.3 is 0 Å². The van der Waals surface area contributed by atoms with Crippen molar-refractivity contribution in [1.82, 2.24) is 14.3 Å². The van der Waals surface area contributed by atoms with E-state index in [0.717, 1.165) is 5.69 Å². The van der Waals surface area contributed by atoms with Gasteiger partial charge in [0.15, 0.2) is 5.75 Å². The molecule has 4 aromatic rings. The minimum Gasteiger partial charge on any atom is -0.455 e. The van der Waals surface area contributed by atoms with E-state index in [4.69, 9.17) is 4.74 Å². The van der Waals surface area contributed by atoms with E-state index < -0.39 is 15.8 Å². The third-order valence-electron chi connectivity index (χ3n) is 5.12. The standard InChI is InChI=1S/C25H23FN4O4S/c1-17-15-30(16-28-17)23-11-8-20(14-24(23)34-21-5-3-4-19(26)13-21)29-25(31)12-18-6-9-22(10-7-18)35(32,33)27-2/h3-11,13-16,27H,12H2,1-2H3,(H,29,31). The number of halogens is 1. The zero-order valence-corrected chi connectivity index (χ0v) is 19.8. The van der Waals surface area contributed by atoms with Crippen LogP contribution in [0.25, 0.3) is 5.69 Å². The number of rotatable bonds is 8. The van der Waals surface area contributed by atoms with Gasteiger partial charge in [0.1, 0.15) is 11.6 Å². The summed E-state index contributed by atoms with van der Waals surface area (Å²) in [7, 11) is -2.21. The molecule has 0 saturated carbocycles. The van der Waals surface area contributed by atoms with Crippen LogP contribution < -0.4 is 14.8 Å². The van der Waals surface area contributed by atoms with Gasteiger partial charge in [0.2, 0.25) is 15.9 Å². The highest BCUT2D eigenvalue weighted by atomic mass is 32.2. The maximum atomic E-state index is 13.7. The minimum atomic E-state index is -3.55. The summed E-state index contributed by atoms with van der Waals surface area (Å²) in [4.78, 5) is 17.0. The van der Waals surface area contributed by atoms with Crippen LogP contribution in [0.1, 0.15) is 11.3 Å². The lowest BCUT2D eigenvalue weighted by Gasteiger charge is -2.14. The van der Waals surface area contributed by atoms with E-state index in [9.17, 15) is 17.6 Å². The Bertz CT molecular complexity index is 1470.